The van der Waals surface area contributed by atoms with Gasteiger partial charge < -0.3 is 0 Å². The Morgan fingerprint density at radius 2 is 2.00 bits per heavy atom. The molecule has 0 heterocycles. The first-order valence-electron chi connectivity index (χ1n) is 3.73. The molecule has 0 rings (SSSR count). The Hall–Kier alpha value is -0.270. The van der Waals surface area contributed by atoms with Gasteiger partial charge in [0.2, 0.25) is 0 Å². The van der Waals surface area contributed by atoms with Crippen LogP contribution in [0.4, 0.5) is 0 Å². The quantitative estimate of drug-likeness (QED) is 0.583. The summed E-state index contributed by atoms with van der Waals surface area (Å²) >= 11 is 0. The van der Waals surface area contributed by atoms with Crippen molar-refractivity contribution in [1.29, 1.82) is 0 Å². The largest absolute Gasteiger partial charge is 0.327 e. The van der Waals surface area contributed by atoms with Gasteiger partial charge >= 0.3 is 8.69 Å². The number of carbonyl (C=O) groups excluding carboxylic acids is 1. The molecule has 64 valence electrons. The van der Waals surface area contributed by atoms with Crippen molar-refractivity contribution in [3.05, 3.63) is 0 Å². The van der Waals surface area contributed by atoms with Gasteiger partial charge in [0.05, 0.1) is 0 Å². The van der Waals surface area contributed by atoms with Gasteiger partial charge in [0.25, 0.3) is 0 Å². The highest BCUT2D eigenvalue weighted by Gasteiger charge is 2.13. The summed E-state index contributed by atoms with van der Waals surface area (Å²) in [6.45, 7) is 3.89. The summed E-state index contributed by atoms with van der Waals surface area (Å²) in [5.74, 6) is 0.107. The van der Waals surface area contributed by atoms with Gasteiger partial charge in [-0.25, -0.2) is 4.57 Å². The van der Waals surface area contributed by atoms with Crippen molar-refractivity contribution in [2.75, 3.05) is 6.61 Å². The average molecular weight is 176 g/mol. The van der Waals surface area contributed by atoms with Crippen molar-refractivity contribution in [2.24, 2.45) is 5.92 Å². The molecule has 0 aliphatic rings. The molecule has 11 heavy (non-hydrogen) atoms. The second kappa shape index (κ2) is 6.44. The number of hydrogen-bond donors (Lipinski definition) is 0. The lowest BCUT2D eigenvalue weighted by Crippen LogP contribution is -2.16. The van der Waals surface area contributed by atoms with Crippen molar-refractivity contribution in [1.82, 2.24) is 0 Å². The van der Waals surface area contributed by atoms with E-state index in [4.69, 9.17) is 0 Å². The molecule has 0 aromatic rings. The van der Waals surface area contributed by atoms with Crippen LogP contribution in [0.25, 0.3) is 0 Å². The zero-order valence-electron chi connectivity index (χ0n) is 6.87. The van der Waals surface area contributed by atoms with Crippen LogP contribution < -0.4 is 0 Å². The second-order valence-corrected chi connectivity index (χ2v) is 2.73. The van der Waals surface area contributed by atoms with E-state index >= 15 is 0 Å². The molecule has 0 atom stereocenters. The standard InChI is InChI=1S/C7H13O3P/c1-3-6(4-2)7(8)5-10-11-9/h6H,3-5H2,1-2H3. The molecule has 0 spiro atoms. The Morgan fingerprint density at radius 3 is 2.36 bits per heavy atom. The van der Waals surface area contributed by atoms with Gasteiger partial charge in [-0.2, -0.15) is 0 Å². The maximum absolute atomic E-state index is 11.1. The molecule has 0 unspecified atom stereocenters. The van der Waals surface area contributed by atoms with Gasteiger partial charge in [-0.1, -0.05) is 13.8 Å². The lowest BCUT2D eigenvalue weighted by molar-refractivity contribution is -0.124. The van der Waals surface area contributed by atoms with Crippen molar-refractivity contribution < 1.29 is 13.9 Å². The summed E-state index contributed by atoms with van der Waals surface area (Å²) < 4.78 is 14.3. The van der Waals surface area contributed by atoms with Crippen LogP contribution in [0.15, 0.2) is 0 Å². The van der Waals surface area contributed by atoms with E-state index in [1.54, 1.807) is 0 Å². The molecular formula is C7H13O3P. The Labute approximate surface area is 68.4 Å². The van der Waals surface area contributed by atoms with Crippen LogP contribution in [0.1, 0.15) is 26.7 Å². The normalized spacial score (nSPS) is 10.8. The van der Waals surface area contributed by atoms with E-state index in [2.05, 4.69) is 4.52 Å². The third-order valence-electron chi connectivity index (χ3n) is 1.70. The van der Waals surface area contributed by atoms with Crippen LogP contribution in [0.2, 0.25) is 0 Å². The minimum atomic E-state index is -0.414. The summed E-state index contributed by atoms with van der Waals surface area (Å²) in [6.07, 6.45) is 1.66. The Balaban J connectivity index is 3.69. The van der Waals surface area contributed by atoms with Crippen molar-refractivity contribution in [3.63, 3.8) is 0 Å². The first-order chi connectivity index (χ1) is 5.26. The fourth-order valence-electron chi connectivity index (χ4n) is 0.952. The molecule has 0 radical (unpaired) electrons. The highest BCUT2D eigenvalue weighted by Crippen LogP contribution is 2.10. The zero-order valence-corrected chi connectivity index (χ0v) is 7.77. The van der Waals surface area contributed by atoms with Crippen LogP contribution in [0.5, 0.6) is 0 Å². The summed E-state index contributed by atoms with van der Waals surface area (Å²) in [6, 6.07) is 0. The number of ketones is 1. The molecule has 4 heteroatoms. The molecule has 0 fully saturated rings. The van der Waals surface area contributed by atoms with Crippen LogP contribution in [-0.4, -0.2) is 12.4 Å². The average Bonchev–Trinajstić information content (AvgIpc) is 2.03. The number of Topliss-reactive ketones (excluding diaryl/α,β-unsaturated/α-hetero) is 1. The first kappa shape index (κ1) is 10.7. The third-order valence-corrected chi connectivity index (χ3v) is 1.93. The van der Waals surface area contributed by atoms with E-state index in [9.17, 15) is 9.36 Å². The lowest BCUT2D eigenvalue weighted by Gasteiger charge is -2.08. The molecule has 0 saturated heterocycles. The number of hydrogen-bond acceptors (Lipinski definition) is 3. The van der Waals surface area contributed by atoms with Gasteiger partial charge in [0.1, 0.15) is 6.61 Å². The molecular weight excluding hydrogens is 163 g/mol. The summed E-state index contributed by atoms with van der Waals surface area (Å²) in [7, 11) is -0.414. The molecule has 0 aromatic carbocycles. The minimum Gasteiger partial charge on any atom is -0.297 e. The molecule has 0 bridgehead atoms. The molecule has 3 nitrogen and oxygen atoms in total. The van der Waals surface area contributed by atoms with Crippen molar-refractivity contribution in [2.45, 2.75) is 26.7 Å². The van der Waals surface area contributed by atoms with E-state index in [-0.39, 0.29) is 18.3 Å². The Kier molecular flexibility index (Phi) is 6.28. The van der Waals surface area contributed by atoms with Crippen LogP contribution >= 0.6 is 8.69 Å². The van der Waals surface area contributed by atoms with E-state index < -0.39 is 8.69 Å². The van der Waals surface area contributed by atoms with Gasteiger partial charge in [-0.05, 0) is 12.8 Å². The van der Waals surface area contributed by atoms with Gasteiger partial charge in [0, 0.05) is 5.92 Å². The van der Waals surface area contributed by atoms with E-state index in [1.165, 1.54) is 0 Å². The highest BCUT2D eigenvalue weighted by molar-refractivity contribution is 7.17. The zero-order chi connectivity index (χ0) is 8.69. The fourth-order valence-corrected chi connectivity index (χ4v) is 1.13. The first-order valence-corrected chi connectivity index (χ1v) is 4.46. The van der Waals surface area contributed by atoms with Crippen LogP contribution in [-0.2, 0) is 13.9 Å². The van der Waals surface area contributed by atoms with Gasteiger partial charge in [-0.15, -0.1) is 0 Å². The number of carbonyl (C=O) groups is 1. The molecule has 0 aromatic heterocycles. The van der Waals surface area contributed by atoms with E-state index in [1.807, 2.05) is 13.8 Å². The Bertz CT molecular complexity index is 132. The van der Waals surface area contributed by atoms with E-state index in [0.717, 1.165) is 12.8 Å². The predicted octanol–water partition coefficient (Wildman–Crippen LogP) is 2.21. The number of rotatable bonds is 6. The summed E-state index contributed by atoms with van der Waals surface area (Å²) in [5.41, 5.74) is 0. The molecule has 0 amide bonds. The lowest BCUT2D eigenvalue weighted by atomic mass is 9.99. The smallest absolute Gasteiger partial charge is 0.297 e. The predicted molar refractivity (Wildman–Crippen MR) is 42.6 cm³/mol. The van der Waals surface area contributed by atoms with Gasteiger partial charge in [-0.3, -0.25) is 9.32 Å². The molecule has 0 aliphatic carbocycles. The Morgan fingerprint density at radius 1 is 1.45 bits per heavy atom. The maximum atomic E-state index is 11.1. The maximum Gasteiger partial charge on any atom is 0.327 e. The van der Waals surface area contributed by atoms with Crippen LogP contribution in [0.3, 0.4) is 0 Å². The van der Waals surface area contributed by atoms with Gasteiger partial charge in [0.15, 0.2) is 5.78 Å². The summed E-state index contributed by atoms with van der Waals surface area (Å²) in [4.78, 5) is 11.1. The minimum absolute atomic E-state index is 0.0304. The second-order valence-electron chi connectivity index (χ2n) is 2.33. The van der Waals surface area contributed by atoms with Crippen molar-refractivity contribution >= 4 is 14.5 Å². The monoisotopic (exact) mass is 176 g/mol. The molecule has 0 N–H and O–H groups in total. The SMILES string of the molecule is CCC(CC)C(=O)COP=O. The fraction of sp³-hybridized carbons (Fsp3) is 0.857. The van der Waals surface area contributed by atoms with Crippen LogP contribution in [0, 0.1) is 5.92 Å². The molecule has 0 aliphatic heterocycles. The highest BCUT2D eigenvalue weighted by atomic mass is 31.1. The summed E-state index contributed by atoms with van der Waals surface area (Å²) in [5, 5.41) is 0. The molecule has 0 saturated carbocycles. The topological polar surface area (TPSA) is 43.4 Å². The third kappa shape index (κ3) is 4.23. The van der Waals surface area contributed by atoms with E-state index in [0.29, 0.717) is 0 Å². The van der Waals surface area contributed by atoms with Crippen molar-refractivity contribution in [3.8, 4) is 0 Å².